The molecule has 7 nitrogen and oxygen atoms in total. The summed E-state index contributed by atoms with van der Waals surface area (Å²) >= 11 is 6.12. The number of carbonyl (C=O) groups excluding carboxylic acids is 2. The fourth-order valence-electron chi connectivity index (χ4n) is 2.72. The standard InChI is InChI=1S/C20H18ClN3O4/c1-3-28-20(27)12-8-9-14(21)16(10-12)23-18(25)11-17-22-15-7-5-4-6-13(15)19(26)24(17)2/h4-10H,3,11H2,1-2H3,(H,23,25). The van der Waals surface area contributed by atoms with Crippen molar-refractivity contribution in [2.75, 3.05) is 11.9 Å². The molecule has 0 unspecified atom stereocenters. The van der Waals surface area contributed by atoms with Crippen molar-refractivity contribution in [3.8, 4) is 0 Å². The van der Waals surface area contributed by atoms with E-state index in [1.807, 2.05) is 0 Å². The van der Waals surface area contributed by atoms with E-state index in [1.165, 1.54) is 22.8 Å². The second kappa shape index (κ2) is 8.22. The number of carbonyl (C=O) groups is 2. The Morgan fingerprint density at radius 1 is 1.21 bits per heavy atom. The molecule has 0 atom stereocenters. The number of aromatic nitrogens is 2. The first kappa shape index (κ1) is 19.6. The van der Waals surface area contributed by atoms with E-state index < -0.39 is 11.9 Å². The number of nitrogens with zero attached hydrogens (tertiary/aromatic N) is 2. The highest BCUT2D eigenvalue weighted by Gasteiger charge is 2.15. The number of halogens is 1. The van der Waals surface area contributed by atoms with Crippen LogP contribution in [0.15, 0.2) is 47.3 Å². The molecule has 3 rings (SSSR count). The molecule has 0 fully saturated rings. The van der Waals surface area contributed by atoms with Gasteiger partial charge in [-0.15, -0.1) is 0 Å². The summed E-state index contributed by atoms with van der Waals surface area (Å²) in [4.78, 5) is 41.2. The summed E-state index contributed by atoms with van der Waals surface area (Å²) in [6.45, 7) is 1.95. The molecule has 0 saturated carbocycles. The summed E-state index contributed by atoms with van der Waals surface area (Å²) < 4.78 is 6.30. The lowest BCUT2D eigenvalue weighted by Gasteiger charge is -2.11. The van der Waals surface area contributed by atoms with Gasteiger partial charge in [-0.3, -0.25) is 14.2 Å². The average molecular weight is 400 g/mol. The number of esters is 1. The molecule has 0 bridgehead atoms. The van der Waals surface area contributed by atoms with Crippen LogP contribution in [-0.4, -0.2) is 28.0 Å². The molecule has 28 heavy (non-hydrogen) atoms. The molecule has 2 aromatic carbocycles. The van der Waals surface area contributed by atoms with Crippen molar-refractivity contribution in [1.29, 1.82) is 0 Å². The topological polar surface area (TPSA) is 90.3 Å². The zero-order chi connectivity index (χ0) is 20.3. The van der Waals surface area contributed by atoms with E-state index in [9.17, 15) is 14.4 Å². The first-order valence-corrected chi connectivity index (χ1v) is 8.99. The number of nitrogens with one attached hydrogen (secondary N) is 1. The van der Waals surface area contributed by atoms with Gasteiger partial charge in [0.1, 0.15) is 5.82 Å². The zero-order valence-corrected chi connectivity index (χ0v) is 16.1. The highest BCUT2D eigenvalue weighted by atomic mass is 35.5. The van der Waals surface area contributed by atoms with Crippen LogP contribution in [0.25, 0.3) is 10.9 Å². The van der Waals surface area contributed by atoms with Crippen LogP contribution in [0.3, 0.4) is 0 Å². The Hall–Kier alpha value is -3.19. The summed E-state index contributed by atoms with van der Waals surface area (Å²) in [6, 6.07) is 11.4. The maximum Gasteiger partial charge on any atom is 0.338 e. The van der Waals surface area contributed by atoms with Crippen molar-refractivity contribution in [3.63, 3.8) is 0 Å². The van der Waals surface area contributed by atoms with Crippen molar-refractivity contribution < 1.29 is 14.3 Å². The molecule has 8 heteroatoms. The van der Waals surface area contributed by atoms with Crippen molar-refractivity contribution in [1.82, 2.24) is 9.55 Å². The molecule has 3 aromatic rings. The van der Waals surface area contributed by atoms with Gasteiger partial charge < -0.3 is 10.1 Å². The number of hydrogen-bond donors (Lipinski definition) is 1. The van der Waals surface area contributed by atoms with Crippen LogP contribution in [0.1, 0.15) is 23.1 Å². The van der Waals surface area contributed by atoms with Gasteiger partial charge in [0.25, 0.3) is 5.56 Å². The van der Waals surface area contributed by atoms with Gasteiger partial charge in [0.05, 0.1) is 40.2 Å². The molecule has 1 N–H and O–H groups in total. The van der Waals surface area contributed by atoms with E-state index in [0.717, 1.165) is 0 Å². The van der Waals surface area contributed by atoms with Gasteiger partial charge in [-0.05, 0) is 37.3 Å². The number of amides is 1. The Morgan fingerprint density at radius 3 is 2.71 bits per heavy atom. The van der Waals surface area contributed by atoms with E-state index in [0.29, 0.717) is 16.7 Å². The van der Waals surface area contributed by atoms with Crippen LogP contribution in [-0.2, 0) is 23.0 Å². The third-order valence-corrected chi connectivity index (χ3v) is 4.48. The van der Waals surface area contributed by atoms with E-state index in [-0.39, 0.29) is 34.9 Å². The first-order valence-electron chi connectivity index (χ1n) is 8.62. The van der Waals surface area contributed by atoms with Crippen LogP contribution < -0.4 is 10.9 Å². The SMILES string of the molecule is CCOC(=O)c1ccc(Cl)c(NC(=O)Cc2nc3ccccc3c(=O)n2C)c1. The van der Waals surface area contributed by atoms with E-state index >= 15 is 0 Å². The van der Waals surface area contributed by atoms with Gasteiger partial charge in [-0.2, -0.15) is 0 Å². The summed E-state index contributed by atoms with van der Waals surface area (Å²) in [5.41, 5.74) is 0.854. The smallest absolute Gasteiger partial charge is 0.338 e. The first-order chi connectivity index (χ1) is 13.4. The lowest BCUT2D eigenvalue weighted by atomic mass is 10.2. The highest BCUT2D eigenvalue weighted by Crippen LogP contribution is 2.23. The Labute approximate surface area is 165 Å². The van der Waals surface area contributed by atoms with Gasteiger partial charge in [0, 0.05) is 7.05 Å². The second-order valence-corrected chi connectivity index (χ2v) is 6.46. The maximum atomic E-state index is 12.5. The monoisotopic (exact) mass is 399 g/mol. The molecular weight excluding hydrogens is 382 g/mol. The van der Waals surface area contributed by atoms with E-state index in [1.54, 1.807) is 38.2 Å². The Balaban J connectivity index is 1.84. The molecule has 1 aromatic heterocycles. The zero-order valence-electron chi connectivity index (χ0n) is 15.4. The molecule has 1 heterocycles. The fraction of sp³-hybridized carbons (Fsp3) is 0.200. The number of anilines is 1. The lowest BCUT2D eigenvalue weighted by Crippen LogP contribution is -2.26. The van der Waals surface area contributed by atoms with Crippen LogP contribution >= 0.6 is 11.6 Å². The van der Waals surface area contributed by atoms with Crippen LogP contribution in [0, 0.1) is 0 Å². The third kappa shape index (κ3) is 4.04. The van der Waals surface area contributed by atoms with Crippen molar-refractivity contribution in [2.24, 2.45) is 7.05 Å². The number of ether oxygens (including phenoxy) is 1. The number of para-hydroxylation sites is 1. The molecule has 0 saturated heterocycles. The predicted octanol–water partition coefficient (Wildman–Crippen LogP) is 2.94. The largest absolute Gasteiger partial charge is 0.462 e. The third-order valence-electron chi connectivity index (χ3n) is 4.15. The lowest BCUT2D eigenvalue weighted by molar-refractivity contribution is -0.115. The van der Waals surface area contributed by atoms with Gasteiger partial charge in [0.2, 0.25) is 5.91 Å². The number of rotatable bonds is 5. The van der Waals surface area contributed by atoms with Crippen LogP contribution in [0.5, 0.6) is 0 Å². The van der Waals surface area contributed by atoms with Gasteiger partial charge in [-0.25, -0.2) is 9.78 Å². The minimum absolute atomic E-state index is 0.128. The van der Waals surface area contributed by atoms with Crippen LogP contribution in [0.2, 0.25) is 5.02 Å². The summed E-state index contributed by atoms with van der Waals surface area (Å²) in [6.07, 6.45) is -0.128. The molecule has 144 valence electrons. The minimum atomic E-state index is -0.506. The molecule has 0 spiro atoms. The molecule has 0 aliphatic heterocycles. The molecule has 1 amide bonds. The van der Waals surface area contributed by atoms with Crippen LogP contribution in [0.4, 0.5) is 5.69 Å². The predicted molar refractivity (Wildman–Crippen MR) is 107 cm³/mol. The molecule has 0 aliphatic rings. The normalized spacial score (nSPS) is 10.7. The van der Waals surface area contributed by atoms with Crippen molar-refractivity contribution in [2.45, 2.75) is 13.3 Å². The number of fused-ring (bicyclic) bond motifs is 1. The van der Waals surface area contributed by atoms with Gasteiger partial charge >= 0.3 is 5.97 Å². The summed E-state index contributed by atoms with van der Waals surface area (Å²) in [5, 5.41) is 3.42. The highest BCUT2D eigenvalue weighted by molar-refractivity contribution is 6.33. The minimum Gasteiger partial charge on any atom is -0.462 e. The Morgan fingerprint density at radius 2 is 1.96 bits per heavy atom. The van der Waals surface area contributed by atoms with Crippen molar-refractivity contribution >= 4 is 40.1 Å². The Kier molecular flexibility index (Phi) is 5.75. The van der Waals surface area contributed by atoms with E-state index in [4.69, 9.17) is 16.3 Å². The van der Waals surface area contributed by atoms with Gasteiger partial charge in [-0.1, -0.05) is 23.7 Å². The number of hydrogen-bond acceptors (Lipinski definition) is 5. The van der Waals surface area contributed by atoms with Crippen molar-refractivity contribution in [3.05, 3.63) is 69.2 Å². The average Bonchev–Trinajstić information content (AvgIpc) is 2.68. The fourth-order valence-corrected chi connectivity index (χ4v) is 2.89. The summed E-state index contributed by atoms with van der Waals surface area (Å²) in [5.74, 6) is -0.604. The molecule has 0 aliphatic carbocycles. The summed E-state index contributed by atoms with van der Waals surface area (Å²) in [7, 11) is 1.57. The molecular formula is C20H18ClN3O4. The Bertz CT molecular complexity index is 1120. The second-order valence-electron chi connectivity index (χ2n) is 6.05. The molecule has 0 radical (unpaired) electrons. The maximum absolute atomic E-state index is 12.5. The van der Waals surface area contributed by atoms with Gasteiger partial charge in [0.15, 0.2) is 0 Å². The van der Waals surface area contributed by atoms with E-state index in [2.05, 4.69) is 10.3 Å². The quantitative estimate of drug-likeness (QED) is 0.666. The number of benzene rings is 2.